The van der Waals surface area contributed by atoms with E-state index >= 15 is 0 Å². The van der Waals surface area contributed by atoms with Gasteiger partial charge in [-0.25, -0.2) is 0 Å². The van der Waals surface area contributed by atoms with Gasteiger partial charge in [0.1, 0.15) is 5.75 Å². The first-order valence-corrected chi connectivity index (χ1v) is 7.26. The van der Waals surface area contributed by atoms with Crippen LogP contribution in [0.2, 0.25) is 0 Å². The van der Waals surface area contributed by atoms with Gasteiger partial charge < -0.3 is 9.84 Å². The zero-order chi connectivity index (χ0) is 12.2. The van der Waals surface area contributed by atoms with Crippen LogP contribution in [0.25, 0.3) is 0 Å². The van der Waals surface area contributed by atoms with Crippen molar-refractivity contribution in [1.82, 2.24) is 0 Å². The van der Waals surface area contributed by atoms with Crippen LogP contribution in [-0.4, -0.2) is 17.3 Å². The minimum atomic E-state index is -0.420. The van der Waals surface area contributed by atoms with Gasteiger partial charge in [0.15, 0.2) is 0 Å². The Kier molecular flexibility index (Phi) is 2.25. The Labute approximate surface area is 108 Å². The topological polar surface area (TPSA) is 29.5 Å². The molecule has 1 aromatic carbocycles. The van der Waals surface area contributed by atoms with Crippen molar-refractivity contribution < 1.29 is 9.84 Å². The van der Waals surface area contributed by atoms with Gasteiger partial charge in [0, 0.05) is 11.5 Å². The monoisotopic (exact) mass is 244 g/mol. The third-order valence-corrected chi connectivity index (χ3v) is 5.36. The zero-order valence-corrected chi connectivity index (χ0v) is 10.6. The average molecular weight is 244 g/mol. The zero-order valence-electron chi connectivity index (χ0n) is 10.6. The summed E-state index contributed by atoms with van der Waals surface area (Å²) in [5.41, 5.74) is 0.816. The lowest BCUT2D eigenvalue weighted by Gasteiger charge is -2.31. The fourth-order valence-corrected chi connectivity index (χ4v) is 4.48. The summed E-state index contributed by atoms with van der Waals surface area (Å²) in [6, 6.07) is 8.26. The van der Waals surface area contributed by atoms with Crippen molar-refractivity contribution in [3.8, 4) is 5.75 Å². The SMILES string of the molecule is OC1(C2CCOc3ccccc32)C2CCCCC21. The molecule has 0 radical (unpaired) electrons. The van der Waals surface area contributed by atoms with Crippen LogP contribution in [0.15, 0.2) is 24.3 Å². The van der Waals surface area contributed by atoms with E-state index in [2.05, 4.69) is 12.1 Å². The van der Waals surface area contributed by atoms with E-state index in [-0.39, 0.29) is 0 Å². The molecular weight excluding hydrogens is 224 g/mol. The number of fused-ring (bicyclic) bond motifs is 2. The summed E-state index contributed by atoms with van der Waals surface area (Å²) in [6.07, 6.45) is 6.02. The molecule has 0 amide bonds. The number of hydrogen-bond acceptors (Lipinski definition) is 2. The molecule has 0 aromatic heterocycles. The maximum absolute atomic E-state index is 11.1. The lowest BCUT2D eigenvalue weighted by Crippen LogP contribution is -2.29. The Morgan fingerprint density at radius 2 is 1.78 bits per heavy atom. The Morgan fingerprint density at radius 3 is 2.56 bits per heavy atom. The highest BCUT2D eigenvalue weighted by molar-refractivity contribution is 5.42. The van der Waals surface area contributed by atoms with Gasteiger partial charge >= 0.3 is 0 Å². The van der Waals surface area contributed by atoms with Crippen molar-refractivity contribution in [2.45, 2.75) is 43.6 Å². The van der Waals surface area contributed by atoms with Crippen LogP contribution >= 0.6 is 0 Å². The summed E-state index contributed by atoms with van der Waals surface area (Å²) < 4.78 is 5.72. The van der Waals surface area contributed by atoms with Crippen LogP contribution in [-0.2, 0) is 0 Å². The second-order valence-electron chi connectivity index (χ2n) is 6.11. The van der Waals surface area contributed by atoms with Crippen molar-refractivity contribution in [3.05, 3.63) is 29.8 Å². The highest BCUT2D eigenvalue weighted by Gasteiger charge is 2.67. The van der Waals surface area contributed by atoms with Crippen molar-refractivity contribution >= 4 is 0 Å². The molecule has 0 spiro atoms. The van der Waals surface area contributed by atoms with E-state index in [1.807, 2.05) is 12.1 Å². The number of para-hydroxylation sites is 1. The predicted molar refractivity (Wildman–Crippen MR) is 69.7 cm³/mol. The molecule has 3 atom stereocenters. The lowest BCUT2D eigenvalue weighted by molar-refractivity contribution is 0.0675. The van der Waals surface area contributed by atoms with Gasteiger partial charge in [0.2, 0.25) is 0 Å². The van der Waals surface area contributed by atoms with E-state index in [0.29, 0.717) is 17.8 Å². The van der Waals surface area contributed by atoms with E-state index in [1.54, 1.807) is 0 Å². The first-order chi connectivity index (χ1) is 8.82. The molecular formula is C16H20O2. The molecule has 1 aliphatic heterocycles. The third kappa shape index (κ3) is 1.33. The molecule has 2 nitrogen and oxygen atoms in total. The van der Waals surface area contributed by atoms with Crippen molar-refractivity contribution in [3.63, 3.8) is 0 Å². The smallest absolute Gasteiger partial charge is 0.122 e. The molecule has 3 unspecified atom stereocenters. The van der Waals surface area contributed by atoms with Gasteiger partial charge in [-0.2, -0.15) is 0 Å². The van der Waals surface area contributed by atoms with E-state index in [1.165, 1.54) is 31.2 Å². The number of aliphatic hydroxyl groups is 1. The number of ether oxygens (including phenoxy) is 1. The molecule has 2 heteroatoms. The molecule has 2 aliphatic carbocycles. The molecule has 0 bridgehead atoms. The molecule has 2 saturated carbocycles. The van der Waals surface area contributed by atoms with Crippen LogP contribution in [0.4, 0.5) is 0 Å². The van der Waals surface area contributed by atoms with Crippen LogP contribution in [0.5, 0.6) is 5.75 Å². The fraction of sp³-hybridized carbons (Fsp3) is 0.625. The molecule has 0 saturated heterocycles. The summed E-state index contributed by atoms with van der Waals surface area (Å²) in [7, 11) is 0. The largest absolute Gasteiger partial charge is 0.493 e. The maximum atomic E-state index is 11.1. The molecule has 1 heterocycles. The number of hydrogen-bond donors (Lipinski definition) is 1. The summed E-state index contributed by atoms with van der Waals surface area (Å²) in [5, 5.41) is 11.1. The fourth-order valence-electron chi connectivity index (χ4n) is 4.48. The molecule has 3 aliphatic rings. The Balaban J connectivity index is 1.71. The van der Waals surface area contributed by atoms with Gasteiger partial charge in [-0.15, -0.1) is 0 Å². The molecule has 18 heavy (non-hydrogen) atoms. The molecule has 96 valence electrons. The van der Waals surface area contributed by atoms with Gasteiger partial charge in [-0.05, 0) is 37.2 Å². The van der Waals surface area contributed by atoms with E-state index in [0.717, 1.165) is 18.8 Å². The van der Waals surface area contributed by atoms with Crippen molar-refractivity contribution in [1.29, 1.82) is 0 Å². The normalized spacial score (nSPS) is 41.5. The Bertz CT molecular complexity index is 456. The highest BCUT2D eigenvalue weighted by Crippen LogP contribution is 2.66. The van der Waals surface area contributed by atoms with Crippen molar-refractivity contribution in [2.75, 3.05) is 6.61 Å². The number of rotatable bonds is 1. The van der Waals surface area contributed by atoms with Gasteiger partial charge in [-0.3, -0.25) is 0 Å². The summed E-state index contributed by atoms with van der Waals surface area (Å²) in [4.78, 5) is 0. The molecule has 4 rings (SSSR count). The first-order valence-electron chi connectivity index (χ1n) is 7.26. The Hall–Kier alpha value is -1.02. The average Bonchev–Trinajstić information content (AvgIpc) is 3.06. The van der Waals surface area contributed by atoms with Crippen molar-refractivity contribution in [2.24, 2.45) is 11.8 Å². The minimum absolute atomic E-state index is 0.301. The van der Waals surface area contributed by atoms with Crippen LogP contribution in [0.1, 0.15) is 43.6 Å². The summed E-state index contributed by atoms with van der Waals surface area (Å²) in [5.74, 6) is 2.41. The van der Waals surface area contributed by atoms with Gasteiger partial charge in [0.05, 0.1) is 12.2 Å². The quantitative estimate of drug-likeness (QED) is 0.822. The maximum Gasteiger partial charge on any atom is 0.122 e. The summed E-state index contributed by atoms with van der Waals surface area (Å²) in [6.45, 7) is 0.753. The van der Waals surface area contributed by atoms with Gasteiger partial charge in [0.25, 0.3) is 0 Å². The summed E-state index contributed by atoms with van der Waals surface area (Å²) >= 11 is 0. The van der Waals surface area contributed by atoms with Crippen LogP contribution < -0.4 is 4.74 Å². The molecule has 1 aromatic rings. The lowest BCUT2D eigenvalue weighted by atomic mass is 9.84. The standard InChI is InChI=1S/C16H20O2/c17-16(13-6-2-3-7-14(13)16)12-9-10-18-15-8-4-1-5-11(12)15/h1,4-5,8,12-14,17H,2-3,6-7,9-10H2. The van der Waals surface area contributed by atoms with Crippen LogP contribution in [0, 0.1) is 11.8 Å². The highest BCUT2D eigenvalue weighted by atomic mass is 16.5. The van der Waals surface area contributed by atoms with Crippen LogP contribution in [0.3, 0.4) is 0 Å². The van der Waals surface area contributed by atoms with E-state index in [9.17, 15) is 5.11 Å². The molecule has 2 fully saturated rings. The minimum Gasteiger partial charge on any atom is -0.493 e. The van der Waals surface area contributed by atoms with E-state index < -0.39 is 5.60 Å². The third-order valence-electron chi connectivity index (χ3n) is 5.36. The number of benzene rings is 1. The Morgan fingerprint density at radius 1 is 1.06 bits per heavy atom. The second-order valence-corrected chi connectivity index (χ2v) is 6.11. The van der Waals surface area contributed by atoms with E-state index in [4.69, 9.17) is 4.74 Å². The first kappa shape index (κ1) is 10.9. The predicted octanol–water partition coefficient (Wildman–Crippen LogP) is 3.10. The molecule has 1 N–H and O–H groups in total. The second kappa shape index (κ2) is 3.74. The van der Waals surface area contributed by atoms with Gasteiger partial charge in [-0.1, -0.05) is 31.0 Å².